The summed E-state index contributed by atoms with van der Waals surface area (Å²) in [6.45, 7) is 1.45. The Labute approximate surface area is 132 Å². The maximum absolute atomic E-state index is 12.0. The molecule has 1 aliphatic carbocycles. The van der Waals surface area contributed by atoms with E-state index in [2.05, 4.69) is 20.9 Å². The highest BCUT2D eigenvalue weighted by atomic mass is 32.1. The van der Waals surface area contributed by atoms with Gasteiger partial charge in [0.15, 0.2) is 5.13 Å². The smallest absolute Gasteiger partial charge is 0.319 e. The minimum absolute atomic E-state index is 0.145. The maximum Gasteiger partial charge on any atom is 0.319 e. The van der Waals surface area contributed by atoms with Crippen molar-refractivity contribution in [3.05, 3.63) is 18.2 Å². The molecule has 0 spiro atoms. The van der Waals surface area contributed by atoms with Gasteiger partial charge in [-0.3, -0.25) is 4.79 Å². The first kappa shape index (κ1) is 14.8. The first-order chi connectivity index (χ1) is 10.6. The van der Waals surface area contributed by atoms with Gasteiger partial charge in [0, 0.05) is 18.7 Å². The van der Waals surface area contributed by atoms with Crippen LogP contribution in [0.25, 0.3) is 10.2 Å². The average Bonchev–Trinajstić information content (AvgIpc) is 3.06. The summed E-state index contributed by atoms with van der Waals surface area (Å²) in [5.74, 6) is -0.145. The van der Waals surface area contributed by atoms with Gasteiger partial charge in [-0.2, -0.15) is 0 Å². The van der Waals surface area contributed by atoms with Crippen LogP contribution in [-0.4, -0.2) is 23.0 Å². The number of aromatic nitrogens is 1. The number of fused-ring (bicyclic) bond motifs is 1. The molecule has 7 heteroatoms. The number of anilines is 2. The Bertz CT molecular complexity index is 707. The van der Waals surface area contributed by atoms with Crippen LogP contribution < -0.4 is 16.0 Å². The van der Waals surface area contributed by atoms with E-state index in [9.17, 15) is 9.59 Å². The predicted molar refractivity (Wildman–Crippen MR) is 88.3 cm³/mol. The Morgan fingerprint density at radius 2 is 2.00 bits per heavy atom. The van der Waals surface area contributed by atoms with Gasteiger partial charge in [-0.05, 0) is 31.0 Å². The fourth-order valence-corrected chi connectivity index (χ4v) is 3.52. The minimum atomic E-state index is -0.177. The van der Waals surface area contributed by atoms with Crippen LogP contribution in [0.3, 0.4) is 0 Å². The number of amides is 3. The second kappa shape index (κ2) is 6.31. The van der Waals surface area contributed by atoms with E-state index in [-0.39, 0.29) is 18.0 Å². The number of nitrogens with one attached hydrogen (secondary N) is 3. The molecular weight excluding hydrogens is 300 g/mol. The summed E-state index contributed by atoms with van der Waals surface area (Å²) >= 11 is 1.41. The number of carbonyl (C=O) groups excluding carboxylic acids is 2. The number of carbonyl (C=O) groups is 2. The Kier molecular flexibility index (Phi) is 4.24. The summed E-state index contributed by atoms with van der Waals surface area (Å²) < 4.78 is 0.963. The van der Waals surface area contributed by atoms with Gasteiger partial charge in [-0.1, -0.05) is 24.2 Å². The zero-order valence-corrected chi connectivity index (χ0v) is 13.1. The summed E-state index contributed by atoms with van der Waals surface area (Å²) in [5.41, 5.74) is 1.45. The molecule has 1 aliphatic rings. The molecule has 22 heavy (non-hydrogen) atoms. The molecule has 0 unspecified atom stereocenters. The van der Waals surface area contributed by atoms with Crippen LogP contribution in [-0.2, 0) is 4.79 Å². The van der Waals surface area contributed by atoms with Gasteiger partial charge in [0.1, 0.15) is 0 Å². The first-order valence-corrected chi connectivity index (χ1v) is 8.17. The third-order valence-corrected chi connectivity index (χ3v) is 4.57. The quantitative estimate of drug-likeness (QED) is 0.812. The Morgan fingerprint density at radius 3 is 2.73 bits per heavy atom. The number of nitrogens with zero attached hydrogens (tertiary/aromatic N) is 1. The second-order valence-corrected chi connectivity index (χ2v) is 6.49. The largest absolute Gasteiger partial charge is 0.335 e. The van der Waals surface area contributed by atoms with E-state index in [0.717, 1.165) is 23.1 Å². The van der Waals surface area contributed by atoms with E-state index in [1.807, 2.05) is 18.2 Å². The number of urea groups is 1. The van der Waals surface area contributed by atoms with Crippen LogP contribution in [0.15, 0.2) is 18.2 Å². The zero-order valence-electron chi connectivity index (χ0n) is 12.3. The molecule has 3 rings (SSSR count). The Morgan fingerprint density at radius 1 is 1.23 bits per heavy atom. The molecule has 0 radical (unpaired) electrons. The normalized spacial score (nSPS) is 15.0. The number of thiazole rings is 1. The summed E-state index contributed by atoms with van der Waals surface area (Å²) in [6.07, 6.45) is 4.47. The zero-order chi connectivity index (χ0) is 15.5. The molecule has 1 fully saturated rings. The van der Waals surface area contributed by atoms with Crippen molar-refractivity contribution in [2.45, 2.75) is 38.6 Å². The van der Waals surface area contributed by atoms with Crippen LogP contribution in [0, 0.1) is 0 Å². The molecule has 3 amide bonds. The van der Waals surface area contributed by atoms with Crippen molar-refractivity contribution < 1.29 is 9.59 Å². The molecule has 1 heterocycles. The Balaban J connectivity index is 1.68. The summed E-state index contributed by atoms with van der Waals surface area (Å²) in [4.78, 5) is 27.4. The number of hydrogen-bond acceptors (Lipinski definition) is 4. The van der Waals surface area contributed by atoms with Gasteiger partial charge in [-0.25, -0.2) is 9.78 Å². The van der Waals surface area contributed by atoms with Gasteiger partial charge in [-0.15, -0.1) is 0 Å². The fourth-order valence-electron chi connectivity index (χ4n) is 2.63. The molecule has 1 aromatic heterocycles. The molecule has 3 N–H and O–H groups in total. The van der Waals surface area contributed by atoms with E-state index in [4.69, 9.17) is 0 Å². The molecule has 0 saturated heterocycles. The molecule has 6 nitrogen and oxygen atoms in total. The van der Waals surface area contributed by atoms with Crippen molar-refractivity contribution in [1.29, 1.82) is 0 Å². The Hall–Kier alpha value is -2.15. The highest BCUT2D eigenvalue weighted by molar-refractivity contribution is 7.22. The molecule has 0 atom stereocenters. The summed E-state index contributed by atoms with van der Waals surface area (Å²) in [5, 5.41) is 9.06. The lowest BCUT2D eigenvalue weighted by Gasteiger charge is -2.12. The van der Waals surface area contributed by atoms with Crippen molar-refractivity contribution in [2.75, 3.05) is 10.6 Å². The van der Waals surface area contributed by atoms with Crippen molar-refractivity contribution in [1.82, 2.24) is 10.3 Å². The van der Waals surface area contributed by atoms with Crippen molar-refractivity contribution in [3.63, 3.8) is 0 Å². The lowest BCUT2D eigenvalue weighted by Crippen LogP contribution is -2.36. The lowest BCUT2D eigenvalue weighted by atomic mass is 10.2. The van der Waals surface area contributed by atoms with Crippen molar-refractivity contribution in [3.8, 4) is 0 Å². The van der Waals surface area contributed by atoms with E-state index in [1.54, 1.807) is 0 Å². The first-order valence-electron chi connectivity index (χ1n) is 7.36. The number of rotatable bonds is 3. The third kappa shape index (κ3) is 3.54. The van der Waals surface area contributed by atoms with E-state index < -0.39 is 0 Å². The fraction of sp³-hybridized carbons (Fsp3) is 0.400. The van der Waals surface area contributed by atoms with E-state index >= 15 is 0 Å². The topological polar surface area (TPSA) is 83.1 Å². The molecule has 2 aromatic rings. The molecule has 116 valence electrons. The monoisotopic (exact) mass is 318 g/mol. The number of benzene rings is 1. The minimum Gasteiger partial charge on any atom is -0.335 e. The predicted octanol–water partition coefficient (Wildman–Crippen LogP) is 3.32. The standard InChI is InChI=1S/C15H18N4O2S/c1-9(20)16-15-19-12-8-11(6-7-13(12)22-15)18-14(21)17-10-4-2-3-5-10/h6-8,10H,2-5H2,1H3,(H,16,19,20)(H2,17,18,21). The summed E-state index contributed by atoms with van der Waals surface area (Å²) in [6, 6.07) is 5.65. The molecule has 0 aliphatic heterocycles. The van der Waals surface area contributed by atoms with Crippen LogP contribution in [0.5, 0.6) is 0 Å². The highest BCUT2D eigenvalue weighted by Crippen LogP contribution is 2.28. The summed E-state index contributed by atoms with van der Waals surface area (Å²) in [7, 11) is 0. The van der Waals surface area contributed by atoms with Crippen LogP contribution >= 0.6 is 11.3 Å². The third-order valence-electron chi connectivity index (χ3n) is 3.62. The SMILES string of the molecule is CC(=O)Nc1nc2cc(NC(=O)NC3CCCC3)ccc2s1. The van der Waals surface area contributed by atoms with Crippen molar-refractivity contribution >= 4 is 44.3 Å². The van der Waals surface area contributed by atoms with Gasteiger partial charge >= 0.3 is 6.03 Å². The molecule has 1 aromatic carbocycles. The van der Waals surface area contributed by atoms with Crippen LogP contribution in [0.4, 0.5) is 15.6 Å². The molecule has 1 saturated carbocycles. The van der Waals surface area contributed by atoms with Gasteiger partial charge in [0.05, 0.1) is 10.2 Å². The maximum atomic E-state index is 12.0. The van der Waals surface area contributed by atoms with Gasteiger partial charge < -0.3 is 16.0 Å². The van der Waals surface area contributed by atoms with Crippen LogP contribution in [0.2, 0.25) is 0 Å². The highest BCUT2D eigenvalue weighted by Gasteiger charge is 2.17. The molecular formula is C15H18N4O2S. The lowest BCUT2D eigenvalue weighted by molar-refractivity contribution is -0.114. The van der Waals surface area contributed by atoms with Crippen LogP contribution in [0.1, 0.15) is 32.6 Å². The van der Waals surface area contributed by atoms with E-state index in [0.29, 0.717) is 10.8 Å². The van der Waals surface area contributed by atoms with Gasteiger partial charge in [0.2, 0.25) is 5.91 Å². The second-order valence-electron chi connectivity index (χ2n) is 5.46. The number of hydrogen-bond donors (Lipinski definition) is 3. The molecule has 0 bridgehead atoms. The average molecular weight is 318 g/mol. The van der Waals surface area contributed by atoms with Crippen molar-refractivity contribution in [2.24, 2.45) is 0 Å². The van der Waals surface area contributed by atoms with E-state index in [1.165, 1.54) is 31.1 Å². The van der Waals surface area contributed by atoms with Gasteiger partial charge in [0.25, 0.3) is 0 Å².